The number of hydrogen-bond donors (Lipinski definition) is 3. The molecule has 1 aromatic carbocycles. The van der Waals surface area contributed by atoms with Gasteiger partial charge in [-0.15, -0.1) is 0 Å². The molecule has 0 spiro atoms. The van der Waals surface area contributed by atoms with Gasteiger partial charge >= 0.3 is 0 Å². The average Bonchev–Trinajstić information content (AvgIpc) is 2.49. The fraction of sp³-hybridized carbons (Fsp3) is 0.143. The minimum absolute atomic E-state index is 0.298. The Kier molecular flexibility index (Phi) is 5.01. The van der Waals surface area contributed by atoms with Gasteiger partial charge in [0, 0.05) is 16.3 Å². The summed E-state index contributed by atoms with van der Waals surface area (Å²) in [6.07, 6.45) is 0.692. The third-order valence-electron chi connectivity index (χ3n) is 2.83. The van der Waals surface area contributed by atoms with Crippen LogP contribution >= 0.6 is 23.2 Å². The van der Waals surface area contributed by atoms with Crippen LogP contribution in [-0.4, -0.2) is 10.9 Å². The summed E-state index contributed by atoms with van der Waals surface area (Å²) in [6, 6.07) is 8.14. The van der Waals surface area contributed by atoms with Crippen molar-refractivity contribution in [3.63, 3.8) is 0 Å². The van der Waals surface area contributed by atoms with Crippen molar-refractivity contribution >= 4 is 40.6 Å². The molecule has 5 nitrogen and oxygen atoms in total. The van der Waals surface area contributed by atoms with E-state index >= 15 is 0 Å². The number of rotatable bonds is 4. The Labute approximate surface area is 132 Å². The number of amides is 1. The van der Waals surface area contributed by atoms with E-state index < -0.39 is 0 Å². The van der Waals surface area contributed by atoms with E-state index in [2.05, 4.69) is 15.7 Å². The number of nitrogen functional groups attached to an aromatic ring is 1. The Morgan fingerprint density at radius 3 is 2.67 bits per heavy atom. The van der Waals surface area contributed by atoms with Gasteiger partial charge in [0.25, 0.3) is 5.91 Å². The average molecular weight is 325 g/mol. The Balaban J connectivity index is 2.27. The predicted octanol–water partition coefficient (Wildman–Crippen LogP) is 3.49. The maximum Gasteiger partial charge on any atom is 0.255 e. The molecule has 1 heterocycles. The molecule has 110 valence electrons. The van der Waals surface area contributed by atoms with Gasteiger partial charge in [0.2, 0.25) is 0 Å². The number of aromatic nitrogens is 1. The number of benzene rings is 1. The standard InChI is InChI=1S/C14H14Cl2N4O/c1-2-10-5-8(6-13(18-10)20-17)14(21)19-12-4-3-9(15)7-11(12)16/h3-7H,2,17H2,1H3,(H,18,20)(H,19,21). The van der Waals surface area contributed by atoms with Crippen LogP contribution in [0.15, 0.2) is 30.3 Å². The van der Waals surface area contributed by atoms with Crippen LogP contribution in [0.2, 0.25) is 10.0 Å². The predicted molar refractivity (Wildman–Crippen MR) is 85.8 cm³/mol. The normalized spacial score (nSPS) is 10.3. The van der Waals surface area contributed by atoms with Gasteiger partial charge in [0.15, 0.2) is 0 Å². The molecule has 1 aromatic heterocycles. The summed E-state index contributed by atoms with van der Waals surface area (Å²) in [5.74, 6) is 5.49. The van der Waals surface area contributed by atoms with Gasteiger partial charge in [-0.1, -0.05) is 30.1 Å². The molecule has 0 saturated carbocycles. The molecular weight excluding hydrogens is 311 g/mol. The lowest BCUT2D eigenvalue weighted by Gasteiger charge is -2.10. The van der Waals surface area contributed by atoms with Crippen molar-refractivity contribution in [2.75, 3.05) is 10.7 Å². The molecule has 21 heavy (non-hydrogen) atoms. The van der Waals surface area contributed by atoms with Crippen LogP contribution in [0.5, 0.6) is 0 Å². The van der Waals surface area contributed by atoms with Crippen LogP contribution in [0.3, 0.4) is 0 Å². The van der Waals surface area contributed by atoms with Gasteiger partial charge < -0.3 is 10.7 Å². The summed E-state index contributed by atoms with van der Waals surface area (Å²) in [4.78, 5) is 16.5. The summed E-state index contributed by atoms with van der Waals surface area (Å²) < 4.78 is 0. The van der Waals surface area contributed by atoms with Crippen molar-refractivity contribution in [3.05, 3.63) is 51.6 Å². The second-order valence-corrected chi connectivity index (χ2v) is 5.15. The molecular formula is C14H14Cl2N4O. The molecule has 4 N–H and O–H groups in total. The van der Waals surface area contributed by atoms with Gasteiger partial charge in [0.05, 0.1) is 10.7 Å². The lowest BCUT2D eigenvalue weighted by molar-refractivity contribution is 0.102. The lowest BCUT2D eigenvalue weighted by Crippen LogP contribution is -2.15. The van der Waals surface area contributed by atoms with Crippen LogP contribution in [0.25, 0.3) is 0 Å². The van der Waals surface area contributed by atoms with E-state index in [4.69, 9.17) is 29.0 Å². The summed E-state index contributed by atoms with van der Waals surface area (Å²) in [6.45, 7) is 1.94. The van der Waals surface area contributed by atoms with Crippen molar-refractivity contribution in [2.24, 2.45) is 5.84 Å². The number of hydrogen-bond acceptors (Lipinski definition) is 4. The number of halogens is 2. The van der Waals surface area contributed by atoms with Gasteiger partial charge in [-0.2, -0.15) is 0 Å². The van der Waals surface area contributed by atoms with Crippen LogP contribution < -0.4 is 16.6 Å². The summed E-state index contributed by atoms with van der Waals surface area (Å²) in [5, 5.41) is 3.61. The molecule has 0 aliphatic heterocycles. The highest BCUT2D eigenvalue weighted by molar-refractivity contribution is 6.36. The molecule has 0 unspecified atom stereocenters. The number of nitrogens with one attached hydrogen (secondary N) is 2. The van der Waals surface area contributed by atoms with E-state index in [0.717, 1.165) is 5.69 Å². The minimum Gasteiger partial charge on any atom is -0.321 e. The van der Waals surface area contributed by atoms with E-state index in [-0.39, 0.29) is 5.91 Å². The summed E-state index contributed by atoms with van der Waals surface area (Å²) in [7, 11) is 0. The van der Waals surface area contributed by atoms with Crippen LogP contribution in [0.4, 0.5) is 11.5 Å². The zero-order valence-corrected chi connectivity index (χ0v) is 12.8. The number of hydrazine groups is 1. The number of carbonyl (C=O) groups excluding carboxylic acids is 1. The second kappa shape index (κ2) is 6.76. The molecule has 7 heteroatoms. The number of nitrogens with zero attached hydrogens (tertiary/aromatic N) is 1. The van der Waals surface area contributed by atoms with E-state index in [0.29, 0.717) is 33.5 Å². The zero-order chi connectivity index (χ0) is 15.4. The largest absolute Gasteiger partial charge is 0.321 e. The van der Waals surface area contributed by atoms with Gasteiger partial charge in [-0.25, -0.2) is 10.8 Å². The van der Waals surface area contributed by atoms with E-state index in [1.165, 1.54) is 0 Å². The highest BCUT2D eigenvalue weighted by Gasteiger charge is 2.11. The highest BCUT2D eigenvalue weighted by Crippen LogP contribution is 2.26. The third-order valence-corrected chi connectivity index (χ3v) is 3.38. The first-order valence-corrected chi connectivity index (χ1v) is 7.03. The first-order chi connectivity index (χ1) is 10.0. The van der Waals surface area contributed by atoms with Crippen molar-refractivity contribution < 1.29 is 4.79 Å². The van der Waals surface area contributed by atoms with Crippen molar-refractivity contribution in [1.29, 1.82) is 0 Å². The SMILES string of the molecule is CCc1cc(C(=O)Nc2ccc(Cl)cc2Cl)cc(NN)n1. The fourth-order valence-corrected chi connectivity index (χ4v) is 2.21. The molecule has 0 saturated heterocycles. The minimum atomic E-state index is -0.298. The summed E-state index contributed by atoms with van der Waals surface area (Å²) in [5.41, 5.74) is 4.14. The fourth-order valence-electron chi connectivity index (χ4n) is 1.76. The third kappa shape index (κ3) is 3.85. The van der Waals surface area contributed by atoms with Crippen LogP contribution in [0, 0.1) is 0 Å². The first kappa shape index (κ1) is 15.6. The van der Waals surface area contributed by atoms with Crippen molar-refractivity contribution in [2.45, 2.75) is 13.3 Å². The van der Waals surface area contributed by atoms with Gasteiger partial charge in [0.1, 0.15) is 5.82 Å². The van der Waals surface area contributed by atoms with Gasteiger partial charge in [-0.05, 0) is 36.8 Å². The van der Waals surface area contributed by atoms with Gasteiger partial charge in [-0.3, -0.25) is 4.79 Å². The van der Waals surface area contributed by atoms with E-state index in [1.807, 2.05) is 6.92 Å². The number of pyridine rings is 1. The Bertz CT molecular complexity index is 654. The zero-order valence-electron chi connectivity index (χ0n) is 11.3. The second-order valence-electron chi connectivity index (χ2n) is 4.31. The van der Waals surface area contributed by atoms with Crippen LogP contribution in [-0.2, 0) is 6.42 Å². The molecule has 2 aromatic rings. The quantitative estimate of drug-likeness (QED) is 0.594. The number of carbonyl (C=O) groups is 1. The molecule has 0 aliphatic rings. The molecule has 1 amide bonds. The maximum atomic E-state index is 12.3. The number of aryl methyl sites for hydroxylation is 1. The first-order valence-electron chi connectivity index (χ1n) is 6.27. The number of nitrogens with two attached hydrogens (primary N) is 1. The lowest BCUT2D eigenvalue weighted by atomic mass is 10.1. The Morgan fingerprint density at radius 1 is 1.29 bits per heavy atom. The van der Waals surface area contributed by atoms with Crippen LogP contribution in [0.1, 0.15) is 23.0 Å². The maximum absolute atomic E-state index is 12.3. The topological polar surface area (TPSA) is 80.0 Å². The number of anilines is 2. The molecule has 0 aliphatic carbocycles. The van der Waals surface area contributed by atoms with Crippen molar-refractivity contribution in [3.8, 4) is 0 Å². The summed E-state index contributed by atoms with van der Waals surface area (Å²) >= 11 is 11.9. The van der Waals surface area contributed by atoms with Crippen molar-refractivity contribution in [1.82, 2.24) is 4.98 Å². The molecule has 0 fully saturated rings. The molecule has 0 radical (unpaired) electrons. The molecule has 0 bridgehead atoms. The smallest absolute Gasteiger partial charge is 0.255 e. The Morgan fingerprint density at radius 2 is 2.05 bits per heavy atom. The molecule has 2 rings (SSSR count). The van der Waals surface area contributed by atoms with E-state index in [9.17, 15) is 4.79 Å². The Hall–Kier alpha value is -1.82. The molecule has 0 atom stereocenters. The van der Waals surface area contributed by atoms with E-state index in [1.54, 1.807) is 30.3 Å². The monoisotopic (exact) mass is 324 g/mol. The highest BCUT2D eigenvalue weighted by atomic mass is 35.5.